The Morgan fingerprint density at radius 3 is 2.00 bits per heavy atom. The fourth-order valence-electron chi connectivity index (χ4n) is 7.99. The minimum absolute atomic E-state index is 0.0829. The largest absolute Gasteiger partial charge is 0.416 e. The normalized spacial score (nSPS) is 16.7. The van der Waals surface area contributed by atoms with E-state index in [1.165, 1.54) is 0 Å². The SMILES string of the molecule is Cc1ccc(-c2ccc3c4ccccc4n(-c4ccc(=C5CC=C(C(F)(F)F)C=C5C(F)(F)F)c(=C5N=C(c6ccccc6)N=C(c6ccccc6)N5)c4)c3c2)c(C)c1. The number of halogens is 6. The maximum atomic E-state index is 14.9. The van der Waals surface area contributed by atoms with Crippen LogP contribution in [-0.4, -0.2) is 28.6 Å². The number of nitrogens with one attached hydrogen (secondary N) is 1. The van der Waals surface area contributed by atoms with Crippen LogP contribution in [0.4, 0.5) is 26.3 Å². The van der Waals surface area contributed by atoms with Gasteiger partial charge in [-0.05, 0) is 78.1 Å². The van der Waals surface area contributed by atoms with Gasteiger partial charge >= 0.3 is 12.4 Å². The summed E-state index contributed by atoms with van der Waals surface area (Å²) in [7, 11) is 0. The molecule has 7 aromatic rings. The minimum atomic E-state index is -5.09. The van der Waals surface area contributed by atoms with E-state index in [1.807, 2.05) is 91.9 Å². The molecule has 292 valence electrons. The molecule has 0 unspecified atom stereocenters. The number of alkyl halides is 6. The van der Waals surface area contributed by atoms with Crippen LogP contribution in [-0.2, 0) is 0 Å². The first-order valence-electron chi connectivity index (χ1n) is 18.9. The van der Waals surface area contributed by atoms with E-state index in [-0.39, 0.29) is 27.9 Å². The third kappa shape index (κ3) is 7.05. The summed E-state index contributed by atoms with van der Waals surface area (Å²) >= 11 is 0. The Morgan fingerprint density at radius 1 is 0.593 bits per heavy atom. The second-order valence-electron chi connectivity index (χ2n) is 14.6. The molecule has 2 heterocycles. The number of benzene rings is 6. The van der Waals surface area contributed by atoms with Crippen molar-refractivity contribution in [3.8, 4) is 16.8 Å². The smallest absolute Gasteiger partial charge is 0.324 e. The quantitative estimate of drug-likeness (QED) is 0.177. The maximum Gasteiger partial charge on any atom is 0.416 e. The van der Waals surface area contributed by atoms with Crippen molar-refractivity contribution < 1.29 is 26.3 Å². The van der Waals surface area contributed by atoms with Crippen molar-refractivity contribution in [1.82, 2.24) is 9.88 Å². The van der Waals surface area contributed by atoms with E-state index in [4.69, 9.17) is 9.98 Å². The molecule has 10 heteroatoms. The highest BCUT2D eigenvalue weighted by Crippen LogP contribution is 2.41. The molecule has 0 saturated carbocycles. The number of aromatic nitrogens is 1. The number of para-hydroxylation sites is 1. The maximum absolute atomic E-state index is 14.9. The third-order valence-corrected chi connectivity index (χ3v) is 10.7. The second-order valence-corrected chi connectivity index (χ2v) is 14.6. The Kier molecular flexibility index (Phi) is 9.22. The summed E-state index contributed by atoms with van der Waals surface area (Å²) in [6, 6.07) is 43.9. The van der Waals surface area contributed by atoms with Gasteiger partial charge in [0.05, 0.1) is 22.2 Å². The molecule has 0 saturated heterocycles. The molecule has 0 atom stereocenters. The van der Waals surface area contributed by atoms with Crippen molar-refractivity contribution in [2.24, 2.45) is 9.98 Å². The van der Waals surface area contributed by atoms with Crippen molar-refractivity contribution in [2.45, 2.75) is 32.6 Å². The molecule has 1 aromatic heterocycles. The molecule has 6 aromatic carbocycles. The van der Waals surface area contributed by atoms with Crippen LogP contribution < -0.4 is 15.8 Å². The first-order valence-corrected chi connectivity index (χ1v) is 18.9. The third-order valence-electron chi connectivity index (χ3n) is 10.7. The molecular weight excluding hydrogens is 759 g/mol. The lowest BCUT2D eigenvalue weighted by Crippen LogP contribution is -2.39. The Hall–Kier alpha value is -6.94. The van der Waals surface area contributed by atoms with Crippen molar-refractivity contribution in [3.63, 3.8) is 0 Å². The Morgan fingerprint density at radius 2 is 1.29 bits per heavy atom. The zero-order valence-electron chi connectivity index (χ0n) is 31.8. The summed E-state index contributed by atoms with van der Waals surface area (Å²) in [5.74, 6) is 0.898. The molecule has 1 aliphatic heterocycles. The zero-order chi connectivity index (χ0) is 41.1. The van der Waals surface area contributed by atoms with E-state index in [2.05, 4.69) is 53.2 Å². The van der Waals surface area contributed by atoms with Crippen LogP contribution in [0.5, 0.6) is 0 Å². The van der Waals surface area contributed by atoms with Crippen LogP contribution >= 0.6 is 0 Å². The lowest BCUT2D eigenvalue weighted by atomic mass is 9.90. The van der Waals surface area contributed by atoms with Crippen LogP contribution in [0.2, 0.25) is 0 Å². The number of fused-ring (bicyclic) bond motifs is 3. The first kappa shape index (κ1) is 37.6. The van der Waals surface area contributed by atoms with E-state index in [9.17, 15) is 26.3 Å². The monoisotopic (exact) mass is 792 g/mol. The number of amidine groups is 2. The molecule has 0 bridgehead atoms. The summed E-state index contributed by atoms with van der Waals surface area (Å²) in [6.45, 7) is 4.11. The van der Waals surface area contributed by atoms with Gasteiger partial charge in [0.1, 0.15) is 11.7 Å². The van der Waals surface area contributed by atoms with Gasteiger partial charge in [-0.25, -0.2) is 9.98 Å². The highest BCUT2D eigenvalue weighted by Gasteiger charge is 2.42. The van der Waals surface area contributed by atoms with Gasteiger partial charge in [0.25, 0.3) is 0 Å². The number of rotatable bonds is 4. The van der Waals surface area contributed by atoms with Gasteiger partial charge < -0.3 is 9.88 Å². The predicted molar refractivity (Wildman–Crippen MR) is 224 cm³/mol. The molecule has 1 aliphatic carbocycles. The molecule has 0 radical (unpaired) electrons. The van der Waals surface area contributed by atoms with Gasteiger partial charge in [0.2, 0.25) is 0 Å². The van der Waals surface area contributed by atoms with E-state index >= 15 is 0 Å². The van der Waals surface area contributed by atoms with E-state index in [1.54, 1.807) is 18.2 Å². The summed E-state index contributed by atoms with van der Waals surface area (Å²) in [5, 5.41) is 5.58. The summed E-state index contributed by atoms with van der Waals surface area (Å²) < 4.78 is 88.5. The average Bonchev–Trinajstić information content (AvgIpc) is 3.57. The second kappa shape index (κ2) is 14.5. The number of aliphatic imine (C=N–C) groups is 2. The Balaban J connectivity index is 1.38. The molecule has 0 spiro atoms. The summed E-state index contributed by atoms with van der Waals surface area (Å²) in [6.07, 6.45) is -9.65. The van der Waals surface area contributed by atoms with Crippen LogP contribution in [0.25, 0.3) is 50.0 Å². The molecule has 59 heavy (non-hydrogen) atoms. The number of nitrogens with zero attached hydrogens (tertiary/aromatic N) is 3. The van der Waals surface area contributed by atoms with Gasteiger partial charge in [-0.3, -0.25) is 0 Å². The minimum Gasteiger partial charge on any atom is -0.324 e. The van der Waals surface area contributed by atoms with E-state index < -0.39 is 29.9 Å². The number of hydrogen-bond donors (Lipinski definition) is 1. The molecule has 9 rings (SSSR count). The van der Waals surface area contributed by atoms with Crippen molar-refractivity contribution in [2.75, 3.05) is 0 Å². The van der Waals surface area contributed by atoms with Crippen LogP contribution in [0, 0.1) is 13.8 Å². The highest BCUT2D eigenvalue weighted by molar-refractivity contribution is 6.16. The van der Waals surface area contributed by atoms with Crippen molar-refractivity contribution in [3.05, 3.63) is 196 Å². The Bertz CT molecular complexity index is 3080. The lowest BCUT2D eigenvalue weighted by molar-refractivity contribution is -0.0938. The van der Waals surface area contributed by atoms with E-state index in [0.717, 1.165) is 50.1 Å². The zero-order valence-corrected chi connectivity index (χ0v) is 31.8. The lowest BCUT2D eigenvalue weighted by Gasteiger charge is -2.22. The van der Waals surface area contributed by atoms with E-state index in [0.29, 0.717) is 28.5 Å². The Labute approximate surface area is 335 Å². The van der Waals surface area contributed by atoms with Crippen molar-refractivity contribution >= 4 is 44.9 Å². The van der Waals surface area contributed by atoms with Crippen LogP contribution in [0.3, 0.4) is 0 Å². The van der Waals surface area contributed by atoms with Gasteiger partial charge in [0.15, 0.2) is 5.84 Å². The summed E-state index contributed by atoms with van der Waals surface area (Å²) in [4.78, 5) is 9.76. The fraction of sp³-hybridized carbons (Fsp3) is 0.102. The molecule has 1 N–H and O–H groups in total. The van der Waals surface area contributed by atoms with Gasteiger partial charge in [-0.1, -0.05) is 127 Å². The van der Waals surface area contributed by atoms with Gasteiger partial charge in [-0.15, -0.1) is 0 Å². The number of hydrogen-bond acceptors (Lipinski definition) is 3. The number of allylic oxidation sites excluding steroid dienone is 4. The number of aryl methyl sites for hydroxylation is 2. The predicted octanol–water partition coefficient (Wildman–Crippen LogP) is 11.2. The topological polar surface area (TPSA) is 41.7 Å². The van der Waals surface area contributed by atoms with Crippen LogP contribution in [0.15, 0.2) is 173 Å². The van der Waals surface area contributed by atoms with Gasteiger partial charge in [0, 0.05) is 32.8 Å². The molecule has 4 nitrogen and oxygen atoms in total. The van der Waals surface area contributed by atoms with Crippen LogP contribution in [0.1, 0.15) is 28.7 Å². The standard InChI is InChI=1S/C49H34F6N4/c1-29-17-21-36(30(2)25-29)33-18-22-40-39-15-9-10-16-43(39)59(44(40)26-33)35-20-24-37(38-23-19-34(48(50,51)52)27-42(38)49(53,54)55)41(28-35)47-57-45(31-11-5-3-6-12-31)56-46(58-47)32-13-7-4-8-14-32/h3-22,24-28H,23H2,1-2H3,(H,56,57,58). The molecule has 0 amide bonds. The first-order chi connectivity index (χ1) is 28.3. The average molecular weight is 793 g/mol. The highest BCUT2D eigenvalue weighted by atomic mass is 19.4. The van der Waals surface area contributed by atoms with Crippen molar-refractivity contribution in [1.29, 1.82) is 0 Å². The fourth-order valence-corrected chi connectivity index (χ4v) is 7.99. The molecule has 0 fully saturated rings. The molecule has 2 aliphatic rings. The molecular formula is C49H34F6N4. The van der Waals surface area contributed by atoms with Gasteiger partial charge in [-0.2, -0.15) is 26.3 Å². The summed E-state index contributed by atoms with van der Waals surface area (Å²) in [5.41, 5.74) is 5.00.